The molecule has 1 aromatic carbocycles. The Morgan fingerprint density at radius 2 is 1.57 bits per heavy atom. The molecule has 30 heavy (non-hydrogen) atoms. The molecule has 1 fully saturated rings. The summed E-state index contributed by atoms with van der Waals surface area (Å²) in [6.45, 7) is 12.3. The van der Waals surface area contributed by atoms with Crippen LogP contribution in [0.15, 0.2) is 18.3 Å². The van der Waals surface area contributed by atoms with Gasteiger partial charge in [-0.2, -0.15) is 9.78 Å². The van der Waals surface area contributed by atoms with E-state index in [1.54, 1.807) is 17.2 Å². The van der Waals surface area contributed by atoms with Crippen molar-refractivity contribution in [1.29, 1.82) is 0 Å². The van der Waals surface area contributed by atoms with Crippen LogP contribution in [0.3, 0.4) is 0 Å². The number of benzene rings is 1. The molecule has 1 amide bonds. The zero-order valence-corrected chi connectivity index (χ0v) is 18.7. The lowest BCUT2D eigenvalue weighted by Gasteiger charge is -2.33. The molecule has 0 spiro atoms. The highest BCUT2D eigenvalue weighted by molar-refractivity contribution is 5.92. The third-order valence-corrected chi connectivity index (χ3v) is 4.90. The summed E-state index contributed by atoms with van der Waals surface area (Å²) in [6, 6.07) is 3.68. The number of nitrogens with two attached hydrogens (primary N) is 1. The van der Waals surface area contributed by atoms with Crippen molar-refractivity contribution in [3.63, 3.8) is 0 Å². The molecule has 1 aromatic heterocycles. The van der Waals surface area contributed by atoms with E-state index >= 15 is 0 Å². The second-order valence-corrected chi connectivity index (χ2v) is 9.82. The molecule has 0 radical (unpaired) electrons. The first-order chi connectivity index (χ1) is 13.8. The predicted molar refractivity (Wildman–Crippen MR) is 116 cm³/mol. The average Bonchev–Trinajstić information content (AvgIpc) is 3.02. The Labute approximate surface area is 177 Å². The quantitative estimate of drug-likeness (QED) is 0.686. The number of piperidine rings is 1. The number of rotatable bonds is 1. The molecular formula is C22H32N4O4. The third kappa shape index (κ3) is 5.04. The smallest absolute Gasteiger partial charge is 0.435 e. The van der Waals surface area contributed by atoms with Gasteiger partial charge in [0.05, 0.1) is 11.7 Å². The molecule has 164 valence electrons. The number of anilines is 1. The first-order valence-corrected chi connectivity index (χ1v) is 10.3. The lowest BCUT2D eigenvalue weighted by molar-refractivity contribution is 0.0204. The fourth-order valence-corrected chi connectivity index (χ4v) is 3.66. The second kappa shape index (κ2) is 7.81. The highest BCUT2D eigenvalue weighted by Crippen LogP contribution is 2.35. The molecule has 1 saturated heterocycles. The van der Waals surface area contributed by atoms with Crippen LogP contribution in [0.25, 0.3) is 10.9 Å². The molecule has 8 heteroatoms. The Hall–Kier alpha value is -2.77. The molecule has 2 heterocycles. The first-order valence-electron chi connectivity index (χ1n) is 10.3. The second-order valence-electron chi connectivity index (χ2n) is 9.82. The maximum atomic E-state index is 12.5. The fraction of sp³-hybridized carbons (Fsp3) is 0.591. The Bertz CT molecular complexity index is 944. The molecule has 1 aliphatic rings. The van der Waals surface area contributed by atoms with Crippen LogP contribution in [0, 0.1) is 0 Å². The van der Waals surface area contributed by atoms with Gasteiger partial charge in [0.25, 0.3) is 0 Å². The molecule has 3 rings (SSSR count). The maximum absolute atomic E-state index is 12.5. The van der Waals surface area contributed by atoms with Crippen LogP contribution in [0.5, 0.6) is 0 Å². The van der Waals surface area contributed by atoms with Gasteiger partial charge in [-0.1, -0.05) is 0 Å². The summed E-state index contributed by atoms with van der Waals surface area (Å²) in [5.74, 6) is 0.214. The van der Waals surface area contributed by atoms with Crippen LogP contribution < -0.4 is 5.73 Å². The highest BCUT2D eigenvalue weighted by Gasteiger charge is 2.29. The fourth-order valence-electron chi connectivity index (χ4n) is 3.66. The van der Waals surface area contributed by atoms with E-state index in [4.69, 9.17) is 15.2 Å². The van der Waals surface area contributed by atoms with Crippen LogP contribution in [0.4, 0.5) is 15.3 Å². The van der Waals surface area contributed by atoms with Gasteiger partial charge in [0.15, 0.2) is 0 Å². The number of carbonyl (C=O) groups is 2. The van der Waals surface area contributed by atoms with Gasteiger partial charge >= 0.3 is 12.2 Å². The van der Waals surface area contributed by atoms with Gasteiger partial charge in [-0.15, -0.1) is 0 Å². The first kappa shape index (κ1) is 21.9. The zero-order chi connectivity index (χ0) is 22.3. The standard InChI is InChI=1S/C22H32N4O4/c1-21(2,3)29-19(27)25-9-7-14(8-10-25)16-11-15(23)12-18-17(16)13-24-26(18)20(28)30-22(4,5)6/h11-14H,7-10,23H2,1-6H3. The Balaban J connectivity index is 1.81. The van der Waals surface area contributed by atoms with Crippen molar-refractivity contribution in [1.82, 2.24) is 14.7 Å². The van der Waals surface area contributed by atoms with Crippen molar-refractivity contribution in [2.45, 2.75) is 71.5 Å². The number of fused-ring (bicyclic) bond motifs is 1. The lowest BCUT2D eigenvalue weighted by Crippen LogP contribution is -2.41. The van der Waals surface area contributed by atoms with Crippen LogP contribution in [0.2, 0.25) is 0 Å². The monoisotopic (exact) mass is 416 g/mol. The van der Waals surface area contributed by atoms with E-state index in [2.05, 4.69) is 5.10 Å². The Morgan fingerprint density at radius 3 is 2.13 bits per heavy atom. The summed E-state index contributed by atoms with van der Waals surface area (Å²) in [7, 11) is 0. The maximum Gasteiger partial charge on any atom is 0.435 e. The van der Waals surface area contributed by atoms with Crippen LogP contribution in [-0.4, -0.2) is 51.2 Å². The number of ether oxygens (including phenoxy) is 2. The summed E-state index contributed by atoms with van der Waals surface area (Å²) in [5, 5.41) is 5.14. The minimum Gasteiger partial charge on any atom is -0.444 e. The summed E-state index contributed by atoms with van der Waals surface area (Å²) in [4.78, 5) is 26.6. The van der Waals surface area contributed by atoms with Crippen molar-refractivity contribution >= 4 is 28.8 Å². The van der Waals surface area contributed by atoms with E-state index in [0.29, 0.717) is 24.3 Å². The van der Waals surface area contributed by atoms with E-state index in [0.717, 1.165) is 23.8 Å². The molecule has 1 aliphatic heterocycles. The number of nitrogen functional groups attached to an aromatic ring is 1. The summed E-state index contributed by atoms with van der Waals surface area (Å²) >= 11 is 0. The molecule has 0 atom stereocenters. The van der Waals surface area contributed by atoms with Gasteiger partial charge in [0.2, 0.25) is 0 Å². The van der Waals surface area contributed by atoms with E-state index in [9.17, 15) is 9.59 Å². The van der Waals surface area contributed by atoms with E-state index in [1.165, 1.54) is 4.68 Å². The molecule has 0 saturated carbocycles. The van der Waals surface area contributed by atoms with E-state index in [-0.39, 0.29) is 12.0 Å². The molecule has 2 aromatic rings. The van der Waals surface area contributed by atoms with Gasteiger partial charge < -0.3 is 20.1 Å². The number of carbonyl (C=O) groups excluding carboxylic acids is 2. The summed E-state index contributed by atoms with van der Waals surface area (Å²) in [6.07, 6.45) is 2.45. The van der Waals surface area contributed by atoms with Gasteiger partial charge in [0.1, 0.15) is 11.2 Å². The van der Waals surface area contributed by atoms with E-state index < -0.39 is 17.3 Å². The largest absolute Gasteiger partial charge is 0.444 e. The van der Waals surface area contributed by atoms with Crippen molar-refractivity contribution in [3.8, 4) is 0 Å². The van der Waals surface area contributed by atoms with Crippen molar-refractivity contribution in [2.24, 2.45) is 0 Å². The molecule has 0 unspecified atom stereocenters. The van der Waals surface area contributed by atoms with Crippen LogP contribution in [-0.2, 0) is 9.47 Å². The minimum atomic E-state index is -0.618. The normalized spacial score (nSPS) is 16.0. The van der Waals surface area contributed by atoms with Gasteiger partial charge in [-0.25, -0.2) is 9.59 Å². The SMILES string of the molecule is CC(C)(C)OC(=O)N1CCC(c2cc(N)cc3c2cnn3C(=O)OC(C)(C)C)CC1. The number of amides is 1. The third-order valence-electron chi connectivity index (χ3n) is 4.90. The number of nitrogens with zero attached hydrogens (tertiary/aromatic N) is 3. The zero-order valence-electron chi connectivity index (χ0n) is 18.7. The van der Waals surface area contributed by atoms with Gasteiger partial charge in [-0.05, 0) is 78.0 Å². The van der Waals surface area contributed by atoms with Crippen molar-refractivity contribution in [2.75, 3.05) is 18.8 Å². The number of hydrogen-bond acceptors (Lipinski definition) is 6. The lowest BCUT2D eigenvalue weighted by atomic mass is 9.87. The number of likely N-dealkylation sites (tertiary alicyclic amines) is 1. The summed E-state index contributed by atoms with van der Waals surface area (Å²) in [5.41, 5.74) is 7.27. The Morgan fingerprint density at radius 1 is 1.00 bits per heavy atom. The molecule has 2 N–H and O–H groups in total. The minimum absolute atomic E-state index is 0.214. The molecule has 8 nitrogen and oxygen atoms in total. The molecule has 0 aliphatic carbocycles. The van der Waals surface area contributed by atoms with Crippen LogP contribution >= 0.6 is 0 Å². The summed E-state index contributed by atoms with van der Waals surface area (Å²) < 4.78 is 12.2. The van der Waals surface area contributed by atoms with Gasteiger partial charge in [-0.3, -0.25) is 0 Å². The predicted octanol–water partition coefficient (Wildman–Crippen LogP) is 4.52. The topological polar surface area (TPSA) is 99.7 Å². The van der Waals surface area contributed by atoms with E-state index in [1.807, 2.05) is 47.6 Å². The van der Waals surface area contributed by atoms with Crippen molar-refractivity contribution < 1.29 is 19.1 Å². The molecule has 0 bridgehead atoms. The molecular weight excluding hydrogens is 384 g/mol. The van der Waals surface area contributed by atoms with Crippen LogP contribution in [0.1, 0.15) is 65.9 Å². The number of aromatic nitrogens is 2. The van der Waals surface area contributed by atoms with Gasteiger partial charge in [0, 0.05) is 24.2 Å². The number of hydrogen-bond donors (Lipinski definition) is 1. The highest BCUT2D eigenvalue weighted by atomic mass is 16.6. The Kier molecular flexibility index (Phi) is 5.71. The van der Waals surface area contributed by atoms with Crippen molar-refractivity contribution in [3.05, 3.63) is 23.9 Å². The average molecular weight is 417 g/mol.